The third-order valence-corrected chi connectivity index (χ3v) is 5.25. The van der Waals surface area contributed by atoms with Crippen molar-refractivity contribution in [2.24, 2.45) is 13.0 Å². The van der Waals surface area contributed by atoms with Gasteiger partial charge in [0.2, 0.25) is 5.88 Å². The number of hydrogen-bond donors (Lipinski definition) is 1. The molecule has 5 nitrogen and oxygen atoms in total. The monoisotopic (exact) mass is 308 g/mol. The Morgan fingerprint density at radius 3 is 2.77 bits per heavy atom. The Kier molecular flexibility index (Phi) is 5.50. The molecule has 0 unspecified atom stereocenters. The molecule has 0 radical (unpaired) electrons. The van der Waals surface area contributed by atoms with E-state index < -0.39 is 0 Å². The van der Waals surface area contributed by atoms with E-state index in [1.54, 1.807) is 7.11 Å². The van der Waals surface area contributed by atoms with Gasteiger partial charge in [0.1, 0.15) is 0 Å². The second kappa shape index (κ2) is 7.01. The van der Waals surface area contributed by atoms with Crippen molar-refractivity contribution >= 4 is 0 Å². The molecule has 2 rings (SSSR count). The number of ether oxygens (including phenoxy) is 1. The maximum atomic E-state index is 5.48. The lowest BCUT2D eigenvalue weighted by atomic mass is 9.75. The first-order chi connectivity index (χ1) is 10.4. The van der Waals surface area contributed by atoms with Gasteiger partial charge in [-0.25, -0.2) is 4.68 Å². The molecule has 1 fully saturated rings. The van der Waals surface area contributed by atoms with Crippen LogP contribution in [0.15, 0.2) is 0 Å². The molecule has 1 heterocycles. The molecule has 1 N–H and O–H groups in total. The van der Waals surface area contributed by atoms with E-state index in [0.717, 1.165) is 30.6 Å². The molecule has 1 saturated carbocycles. The van der Waals surface area contributed by atoms with Gasteiger partial charge < -0.3 is 15.0 Å². The molecule has 0 saturated heterocycles. The van der Waals surface area contributed by atoms with Crippen molar-refractivity contribution in [3.05, 3.63) is 11.3 Å². The zero-order chi connectivity index (χ0) is 16.3. The number of nitrogens with one attached hydrogen (secondary N) is 1. The van der Waals surface area contributed by atoms with E-state index in [2.05, 4.69) is 36.3 Å². The fourth-order valence-electron chi connectivity index (χ4n) is 3.92. The third-order valence-electron chi connectivity index (χ3n) is 5.25. The number of nitrogens with zero attached hydrogens (tertiary/aromatic N) is 3. The summed E-state index contributed by atoms with van der Waals surface area (Å²) >= 11 is 0. The van der Waals surface area contributed by atoms with Crippen LogP contribution in [0.3, 0.4) is 0 Å². The summed E-state index contributed by atoms with van der Waals surface area (Å²) < 4.78 is 7.30. The molecule has 1 aromatic heterocycles. The lowest BCUT2D eigenvalue weighted by Crippen LogP contribution is -2.54. The normalized spacial score (nSPS) is 25.7. The Balaban J connectivity index is 2.02. The maximum absolute atomic E-state index is 5.48. The Hall–Kier alpha value is -1.07. The van der Waals surface area contributed by atoms with E-state index in [1.807, 2.05) is 18.7 Å². The zero-order valence-electron chi connectivity index (χ0n) is 15.1. The average molecular weight is 308 g/mol. The van der Waals surface area contributed by atoms with E-state index in [9.17, 15) is 0 Å². The molecule has 126 valence electrons. The van der Waals surface area contributed by atoms with E-state index in [1.165, 1.54) is 31.2 Å². The largest absolute Gasteiger partial charge is 0.481 e. The van der Waals surface area contributed by atoms with E-state index in [-0.39, 0.29) is 5.54 Å². The molecule has 0 spiro atoms. The summed E-state index contributed by atoms with van der Waals surface area (Å²) in [5.41, 5.74) is 2.49. The van der Waals surface area contributed by atoms with Crippen molar-refractivity contribution in [1.82, 2.24) is 20.0 Å². The predicted molar refractivity (Wildman–Crippen MR) is 90.3 cm³/mol. The molecule has 22 heavy (non-hydrogen) atoms. The van der Waals surface area contributed by atoms with Gasteiger partial charge in [0.15, 0.2) is 0 Å². The van der Waals surface area contributed by atoms with Gasteiger partial charge in [-0.3, -0.25) is 0 Å². The Bertz CT molecular complexity index is 497. The highest BCUT2D eigenvalue weighted by Crippen LogP contribution is 2.35. The van der Waals surface area contributed by atoms with Crippen LogP contribution in [0, 0.1) is 12.8 Å². The van der Waals surface area contributed by atoms with Crippen LogP contribution in [0.5, 0.6) is 5.88 Å². The summed E-state index contributed by atoms with van der Waals surface area (Å²) in [7, 11) is 8.08. The number of likely N-dealkylation sites (N-methyl/N-ethyl adjacent to an activating group) is 1. The van der Waals surface area contributed by atoms with Crippen LogP contribution < -0.4 is 10.1 Å². The number of aryl methyl sites for hydroxylation is 2. The summed E-state index contributed by atoms with van der Waals surface area (Å²) in [6, 6.07) is 0. The number of rotatable bonds is 6. The number of methoxy groups -OCH3 is 1. The predicted octanol–water partition coefficient (Wildman–Crippen LogP) is 2.34. The summed E-state index contributed by atoms with van der Waals surface area (Å²) in [5.74, 6) is 1.67. The van der Waals surface area contributed by atoms with Crippen molar-refractivity contribution in [3.63, 3.8) is 0 Å². The third kappa shape index (κ3) is 3.46. The Labute approximate surface area is 135 Å². The number of aromatic nitrogens is 2. The van der Waals surface area contributed by atoms with Crippen molar-refractivity contribution < 1.29 is 4.74 Å². The van der Waals surface area contributed by atoms with Crippen molar-refractivity contribution in [2.75, 3.05) is 27.7 Å². The van der Waals surface area contributed by atoms with Crippen LogP contribution in [0.4, 0.5) is 0 Å². The van der Waals surface area contributed by atoms with Gasteiger partial charge in [0, 0.05) is 25.7 Å². The second-order valence-corrected chi connectivity index (χ2v) is 7.12. The first kappa shape index (κ1) is 17.3. The molecular weight excluding hydrogens is 276 g/mol. The molecule has 0 aliphatic heterocycles. The molecule has 2 atom stereocenters. The highest BCUT2D eigenvalue weighted by molar-refractivity contribution is 5.30. The fraction of sp³-hybridized carbons (Fsp3) is 0.824. The number of hydrogen-bond acceptors (Lipinski definition) is 4. The van der Waals surface area contributed by atoms with Gasteiger partial charge in [-0.2, -0.15) is 5.10 Å². The van der Waals surface area contributed by atoms with Crippen LogP contribution in [0.2, 0.25) is 0 Å². The molecule has 1 aliphatic carbocycles. The highest BCUT2D eigenvalue weighted by Gasteiger charge is 2.36. The standard InChI is InChI=1S/C17H32N4O/c1-13-8-7-9-17(10-13,20(3)4)12-18-11-15-14(2)19-21(5)16(15)22-6/h13,18H,7-12H2,1-6H3/t13-,17-/m0/s1. The van der Waals surface area contributed by atoms with Crippen molar-refractivity contribution in [1.29, 1.82) is 0 Å². The summed E-state index contributed by atoms with van der Waals surface area (Å²) in [6.07, 6.45) is 5.25. The van der Waals surface area contributed by atoms with Crippen LogP contribution in [0.25, 0.3) is 0 Å². The summed E-state index contributed by atoms with van der Waals surface area (Å²) in [6.45, 7) is 6.25. The summed E-state index contributed by atoms with van der Waals surface area (Å²) in [4.78, 5) is 2.42. The second-order valence-electron chi connectivity index (χ2n) is 7.12. The first-order valence-electron chi connectivity index (χ1n) is 8.34. The minimum absolute atomic E-state index is 0.279. The van der Waals surface area contributed by atoms with Crippen LogP contribution in [-0.2, 0) is 13.6 Å². The lowest BCUT2D eigenvalue weighted by molar-refractivity contribution is 0.0749. The first-order valence-corrected chi connectivity index (χ1v) is 8.34. The smallest absolute Gasteiger partial charge is 0.216 e. The van der Waals surface area contributed by atoms with Crippen LogP contribution >= 0.6 is 0 Å². The molecule has 1 aliphatic rings. The molecule has 0 aromatic carbocycles. The topological polar surface area (TPSA) is 42.3 Å². The summed E-state index contributed by atoms with van der Waals surface area (Å²) in [5, 5.41) is 8.12. The van der Waals surface area contributed by atoms with Gasteiger partial charge in [0.25, 0.3) is 0 Å². The minimum Gasteiger partial charge on any atom is -0.481 e. The van der Waals surface area contributed by atoms with Gasteiger partial charge in [-0.1, -0.05) is 19.8 Å². The van der Waals surface area contributed by atoms with E-state index >= 15 is 0 Å². The fourth-order valence-corrected chi connectivity index (χ4v) is 3.92. The van der Waals surface area contributed by atoms with Crippen LogP contribution in [-0.4, -0.2) is 48.0 Å². The molecule has 1 aromatic rings. The molecule has 0 bridgehead atoms. The van der Waals surface area contributed by atoms with Crippen molar-refractivity contribution in [2.45, 2.75) is 51.6 Å². The Morgan fingerprint density at radius 1 is 1.45 bits per heavy atom. The highest BCUT2D eigenvalue weighted by atomic mass is 16.5. The average Bonchev–Trinajstić information content (AvgIpc) is 2.72. The van der Waals surface area contributed by atoms with Crippen molar-refractivity contribution in [3.8, 4) is 5.88 Å². The van der Waals surface area contributed by atoms with Gasteiger partial charge >= 0.3 is 0 Å². The Morgan fingerprint density at radius 2 is 2.18 bits per heavy atom. The lowest BCUT2D eigenvalue weighted by Gasteiger charge is -2.45. The molecule has 5 heteroatoms. The maximum Gasteiger partial charge on any atom is 0.216 e. The van der Waals surface area contributed by atoms with E-state index in [0.29, 0.717) is 0 Å². The zero-order valence-corrected chi connectivity index (χ0v) is 15.1. The molecule has 0 amide bonds. The minimum atomic E-state index is 0.279. The van der Waals surface area contributed by atoms with Gasteiger partial charge in [0.05, 0.1) is 18.4 Å². The quantitative estimate of drug-likeness (QED) is 0.876. The SMILES string of the molecule is COc1c(CNC[C@]2(N(C)C)CCC[C@H](C)C2)c(C)nn1C. The van der Waals surface area contributed by atoms with E-state index in [4.69, 9.17) is 4.74 Å². The van der Waals surface area contributed by atoms with Gasteiger partial charge in [-0.05, 0) is 39.8 Å². The molecular formula is C17H32N4O. The van der Waals surface area contributed by atoms with Crippen LogP contribution in [0.1, 0.15) is 43.9 Å². The van der Waals surface area contributed by atoms with Gasteiger partial charge in [-0.15, -0.1) is 0 Å².